The number of anilines is 3. The van der Waals surface area contributed by atoms with Crippen molar-refractivity contribution in [1.82, 2.24) is 20.2 Å². The highest BCUT2D eigenvalue weighted by molar-refractivity contribution is 6.10. The molecule has 0 radical (unpaired) electrons. The number of fused-ring (bicyclic) bond motifs is 2. The maximum absolute atomic E-state index is 13.1. The highest BCUT2D eigenvalue weighted by atomic mass is 16.1. The minimum absolute atomic E-state index is 0.0653. The van der Waals surface area contributed by atoms with E-state index >= 15 is 0 Å². The molecule has 4 heterocycles. The number of hydrogen-bond donors (Lipinski definition) is 3. The number of nitrogens with zero attached hydrogens (tertiary/aromatic N) is 3. The fourth-order valence-corrected chi connectivity index (χ4v) is 5.78. The first-order valence-corrected chi connectivity index (χ1v) is 13.4. The number of rotatable bonds is 5. The van der Waals surface area contributed by atoms with Crippen LogP contribution in [-0.2, 0) is 6.54 Å². The minimum Gasteiger partial charge on any atom is -0.368 e. The summed E-state index contributed by atoms with van der Waals surface area (Å²) in [7, 11) is 2.16. The third-order valence-electron chi connectivity index (χ3n) is 7.88. The number of aromatic amines is 1. The van der Waals surface area contributed by atoms with Crippen molar-refractivity contribution in [2.45, 2.75) is 6.54 Å². The summed E-state index contributed by atoms with van der Waals surface area (Å²) in [6.07, 6.45) is 1.92. The number of amides is 1. The van der Waals surface area contributed by atoms with Gasteiger partial charge in [-0.15, -0.1) is 0 Å². The second-order valence-electron chi connectivity index (χ2n) is 10.3. The van der Waals surface area contributed by atoms with Crippen LogP contribution in [0.15, 0.2) is 85.1 Å². The Balaban J connectivity index is 1.27. The molecule has 0 spiro atoms. The lowest BCUT2D eigenvalue weighted by atomic mass is 9.92. The Morgan fingerprint density at radius 3 is 2.44 bits per heavy atom. The van der Waals surface area contributed by atoms with Crippen LogP contribution in [0.25, 0.3) is 33.3 Å². The van der Waals surface area contributed by atoms with Gasteiger partial charge in [-0.25, -0.2) is 4.98 Å². The van der Waals surface area contributed by atoms with Crippen molar-refractivity contribution in [1.29, 1.82) is 0 Å². The Bertz CT molecular complexity index is 1670. The van der Waals surface area contributed by atoms with Crippen molar-refractivity contribution in [2.24, 2.45) is 0 Å². The Morgan fingerprint density at radius 1 is 0.846 bits per heavy atom. The molecule has 2 aliphatic heterocycles. The molecular formula is C32H30N6O. The number of pyridine rings is 1. The molecule has 7 heteroatoms. The predicted molar refractivity (Wildman–Crippen MR) is 158 cm³/mol. The van der Waals surface area contributed by atoms with Crippen LogP contribution in [0.4, 0.5) is 17.2 Å². The number of likely N-dealkylation sites (N-methyl/N-ethyl adjacent to an activating group) is 1. The van der Waals surface area contributed by atoms with Gasteiger partial charge in [-0.05, 0) is 48.0 Å². The molecule has 3 aromatic carbocycles. The molecule has 0 atom stereocenters. The van der Waals surface area contributed by atoms with Gasteiger partial charge in [0, 0.05) is 49.2 Å². The smallest absolute Gasteiger partial charge is 0.254 e. The molecule has 2 aliphatic rings. The van der Waals surface area contributed by atoms with E-state index in [-0.39, 0.29) is 5.91 Å². The van der Waals surface area contributed by atoms with Gasteiger partial charge in [0.2, 0.25) is 0 Å². The minimum atomic E-state index is -0.0653. The van der Waals surface area contributed by atoms with Gasteiger partial charge in [0.15, 0.2) is 0 Å². The van der Waals surface area contributed by atoms with E-state index in [1.54, 1.807) is 0 Å². The van der Waals surface area contributed by atoms with Gasteiger partial charge in [-0.2, -0.15) is 0 Å². The third kappa shape index (κ3) is 4.21. The lowest BCUT2D eigenvalue weighted by molar-refractivity contribution is 0.0966. The summed E-state index contributed by atoms with van der Waals surface area (Å²) in [5, 5.41) is 7.62. The summed E-state index contributed by atoms with van der Waals surface area (Å²) < 4.78 is 0. The molecule has 0 bridgehead atoms. The number of aromatic nitrogens is 2. The number of piperazine rings is 1. The maximum atomic E-state index is 13.1. The number of carbonyl (C=O) groups is 1. The third-order valence-corrected chi connectivity index (χ3v) is 7.88. The molecule has 0 aliphatic carbocycles. The van der Waals surface area contributed by atoms with Gasteiger partial charge >= 0.3 is 0 Å². The number of benzene rings is 3. The fourth-order valence-electron chi connectivity index (χ4n) is 5.78. The fraction of sp³-hybridized carbons (Fsp3) is 0.188. The molecule has 39 heavy (non-hydrogen) atoms. The molecule has 7 rings (SSSR count). The second kappa shape index (κ2) is 9.60. The molecule has 3 N–H and O–H groups in total. The van der Waals surface area contributed by atoms with Crippen molar-refractivity contribution >= 4 is 34.0 Å². The van der Waals surface area contributed by atoms with Crippen LogP contribution in [0.2, 0.25) is 0 Å². The Hall–Kier alpha value is -4.62. The van der Waals surface area contributed by atoms with Crippen molar-refractivity contribution in [2.75, 3.05) is 43.4 Å². The lowest BCUT2D eigenvalue weighted by Crippen LogP contribution is -2.44. The molecular weight excluding hydrogens is 484 g/mol. The van der Waals surface area contributed by atoms with Crippen LogP contribution >= 0.6 is 0 Å². The Morgan fingerprint density at radius 2 is 1.64 bits per heavy atom. The number of nitrogens with one attached hydrogen (secondary N) is 3. The lowest BCUT2D eigenvalue weighted by Gasteiger charge is -2.33. The van der Waals surface area contributed by atoms with E-state index < -0.39 is 0 Å². The van der Waals surface area contributed by atoms with Gasteiger partial charge in [-0.3, -0.25) is 4.79 Å². The molecule has 7 nitrogen and oxygen atoms in total. The summed E-state index contributed by atoms with van der Waals surface area (Å²) in [5.74, 6) is 0.657. The van der Waals surface area contributed by atoms with Crippen molar-refractivity contribution in [3.63, 3.8) is 0 Å². The zero-order valence-corrected chi connectivity index (χ0v) is 21.9. The van der Waals surface area contributed by atoms with Crippen molar-refractivity contribution in [3.05, 3.63) is 96.2 Å². The molecule has 5 aromatic rings. The van der Waals surface area contributed by atoms with Gasteiger partial charge in [-0.1, -0.05) is 54.6 Å². The molecule has 0 saturated carbocycles. The normalized spacial score (nSPS) is 15.4. The first-order chi connectivity index (χ1) is 19.2. The summed E-state index contributed by atoms with van der Waals surface area (Å²) in [5.41, 5.74) is 8.99. The number of para-hydroxylation sites is 1. The van der Waals surface area contributed by atoms with Crippen LogP contribution < -0.4 is 15.5 Å². The zero-order valence-electron chi connectivity index (χ0n) is 21.9. The predicted octanol–water partition coefficient (Wildman–Crippen LogP) is 5.64. The van der Waals surface area contributed by atoms with Gasteiger partial charge in [0.05, 0.1) is 28.8 Å². The summed E-state index contributed by atoms with van der Waals surface area (Å²) >= 11 is 0. The van der Waals surface area contributed by atoms with E-state index in [4.69, 9.17) is 0 Å². The molecule has 194 valence electrons. The average molecular weight is 515 g/mol. The SMILES string of the molecule is CN1CCN(c2ccc(Nc3ccc(-c4c(-c5ccccc5)[nH]c5ccccc45)c4c3C(=O)NC4)nc2)CC1. The maximum Gasteiger partial charge on any atom is 0.254 e. The van der Waals surface area contributed by atoms with Crippen LogP contribution in [0.5, 0.6) is 0 Å². The number of hydrogen-bond acceptors (Lipinski definition) is 5. The van der Waals surface area contributed by atoms with E-state index in [2.05, 4.69) is 92.0 Å². The number of carbonyl (C=O) groups excluding carboxylic acids is 1. The Labute approximate surface area is 227 Å². The van der Waals surface area contributed by atoms with E-state index in [0.29, 0.717) is 12.1 Å². The number of H-pyrrole nitrogens is 1. The van der Waals surface area contributed by atoms with E-state index in [9.17, 15) is 4.79 Å². The zero-order chi connectivity index (χ0) is 26.3. The van der Waals surface area contributed by atoms with E-state index in [0.717, 1.165) is 82.2 Å². The molecule has 1 saturated heterocycles. The molecule has 1 amide bonds. The second-order valence-corrected chi connectivity index (χ2v) is 10.3. The largest absolute Gasteiger partial charge is 0.368 e. The van der Waals surface area contributed by atoms with E-state index in [1.807, 2.05) is 30.5 Å². The highest BCUT2D eigenvalue weighted by Crippen LogP contribution is 2.43. The van der Waals surface area contributed by atoms with Crippen LogP contribution in [0, 0.1) is 0 Å². The van der Waals surface area contributed by atoms with Gasteiger partial charge in [0.1, 0.15) is 5.82 Å². The topological polar surface area (TPSA) is 76.3 Å². The standard InChI is InChI=1S/C32H30N6O/c1-37-15-17-38(18-16-37)22-11-14-28(33-19-22)35-27-13-12-23(25-20-34-32(39)30(25)27)29-24-9-5-6-10-26(24)36-31(29)21-7-3-2-4-8-21/h2-14,19,36H,15-18,20H2,1H3,(H,33,35)(H,34,39). The summed E-state index contributed by atoms with van der Waals surface area (Å²) in [6, 6.07) is 26.9. The van der Waals surface area contributed by atoms with Crippen molar-refractivity contribution < 1.29 is 4.79 Å². The van der Waals surface area contributed by atoms with Crippen LogP contribution in [-0.4, -0.2) is 54.0 Å². The Kier molecular flexibility index (Phi) is 5.78. The van der Waals surface area contributed by atoms with Gasteiger partial charge in [0.25, 0.3) is 5.91 Å². The average Bonchev–Trinajstić information content (AvgIpc) is 3.56. The first-order valence-electron chi connectivity index (χ1n) is 13.4. The summed E-state index contributed by atoms with van der Waals surface area (Å²) in [4.78, 5) is 26.1. The van der Waals surface area contributed by atoms with Crippen LogP contribution in [0.3, 0.4) is 0 Å². The monoisotopic (exact) mass is 514 g/mol. The molecule has 0 unspecified atom stereocenters. The molecule has 2 aromatic heterocycles. The first kappa shape index (κ1) is 23.5. The summed E-state index contributed by atoms with van der Waals surface area (Å²) in [6.45, 7) is 4.59. The quantitative estimate of drug-likeness (QED) is 0.283. The van der Waals surface area contributed by atoms with Gasteiger partial charge < -0.3 is 25.4 Å². The highest BCUT2D eigenvalue weighted by Gasteiger charge is 2.28. The molecule has 1 fully saturated rings. The van der Waals surface area contributed by atoms with E-state index in [1.165, 1.54) is 0 Å². The van der Waals surface area contributed by atoms with Crippen molar-refractivity contribution in [3.8, 4) is 22.4 Å². The van der Waals surface area contributed by atoms with Crippen LogP contribution in [0.1, 0.15) is 15.9 Å².